The standard InChI is InChI=1S/C9H12/c1-8(2)6-7-9-4-3-5-9/h3-4,8-9H,5H2,1-2H3. The highest BCUT2D eigenvalue weighted by Gasteiger charge is 2.04. The van der Waals surface area contributed by atoms with Gasteiger partial charge in [0.1, 0.15) is 0 Å². The van der Waals surface area contributed by atoms with Crippen LogP contribution in [0.4, 0.5) is 0 Å². The highest BCUT2D eigenvalue weighted by Crippen LogP contribution is 2.14. The average molecular weight is 120 g/mol. The molecule has 0 radical (unpaired) electrons. The van der Waals surface area contributed by atoms with Crippen LogP contribution >= 0.6 is 0 Å². The van der Waals surface area contributed by atoms with E-state index < -0.39 is 0 Å². The summed E-state index contributed by atoms with van der Waals surface area (Å²) in [5.41, 5.74) is 0. The van der Waals surface area contributed by atoms with Crippen molar-refractivity contribution in [2.24, 2.45) is 11.8 Å². The summed E-state index contributed by atoms with van der Waals surface area (Å²) in [6.07, 6.45) is 5.49. The summed E-state index contributed by atoms with van der Waals surface area (Å²) in [4.78, 5) is 0. The molecule has 0 saturated carbocycles. The van der Waals surface area contributed by atoms with E-state index in [1.54, 1.807) is 0 Å². The molecule has 1 atom stereocenters. The fraction of sp³-hybridized carbons (Fsp3) is 0.556. The highest BCUT2D eigenvalue weighted by molar-refractivity contribution is 5.19. The Bertz CT molecular complexity index is 164. The van der Waals surface area contributed by atoms with Crippen LogP contribution < -0.4 is 0 Å². The molecule has 0 amide bonds. The molecule has 1 aliphatic carbocycles. The van der Waals surface area contributed by atoms with Crippen LogP contribution in [-0.2, 0) is 0 Å². The molecule has 0 aromatic rings. The summed E-state index contributed by atoms with van der Waals surface area (Å²) in [6, 6.07) is 0. The van der Waals surface area contributed by atoms with E-state index in [1.165, 1.54) is 6.42 Å². The van der Waals surface area contributed by atoms with Crippen molar-refractivity contribution in [1.29, 1.82) is 0 Å². The SMILES string of the molecule is CC(C)C#CC1C=CC1. The molecule has 1 unspecified atom stereocenters. The molecule has 0 bridgehead atoms. The molecule has 0 saturated heterocycles. The third kappa shape index (κ3) is 1.93. The number of hydrogen-bond donors (Lipinski definition) is 0. The van der Waals surface area contributed by atoms with Crippen molar-refractivity contribution in [3.8, 4) is 11.8 Å². The molecule has 0 heterocycles. The molecule has 0 heteroatoms. The van der Waals surface area contributed by atoms with Crippen LogP contribution in [-0.4, -0.2) is 0 Å². The first kappa shape index (κ1) is 6.42. The molecule has 0 fully saturated rings. The summed E-state index contributed by atoms with van der Waals surface area (Å²) in [7, 11) is 0. The number of allylic oxidation sites excluding steroid dienone is 2. The second-order valence-corrected chi connectivity index (χ2v) is 2.71. The first-order valence-electron chi connectivity index (χ1n) is 3.47. The van der Waals surface area contributed by atoms with Gasteiger partial charge in [-0.3, -0.25) is 0 Å². The van der Waals surface area contributed by atoms with Gasteiger partial charge in [0.05, 0.1) is 0 Å². The maximum Gasteiger partial charge on any atom is 0.0417 e. The molecular formula is C9H12. The molecule has 1 aliphatic rings. The predicted molar refractivity (Wildman–Crippen MR) is 39.9 cm³/mol. The lowest BCUT2D eigenvalue weighted by molar-refractivity contribution is 0.778. The number of rotatable bonds is 0. The Morgan fingerprint density at radius 1 is 1.56 bits per heavy atom. The van der Waals surface area contributed by atoms with Gasteiger partial charge in [-0.25, -0.2) is 0 Å². The van der Waals surface area contributed by atoms with Crippen LogP contribution in [0.1, 0.15) is 20.3 Å². The Morgan fingerprint density at radius 2 is 2.22 bits per heavy atom. The van der Waals surface area contributed by atoms with E-state index in [4.69, 9.17) is 0 Å². The van der Waals surface area contributed by atoms with Crippen molar-refractivity contribution in [3.63, 3.8) is 0 Å². The van der Waals surface area contributed by atoms with Gasteiger partial charge >= 0.3 is 0 Å². The molecular weight excluding hydrogens is 108 g/mol. The predicted octanol–water partition coefficient (Wildman–Crippen LogP) is 2.22. The summed E-state index contributed by atoms with van der Waals surface area (Å²) in [5, 5.41) is 0. The Morgan fingerprint density at radius 3 is 2.56 bits per heavy atom. The topological polar surface area (TPSA) is 0 Å². The molecule has 0 N–H and O–H groups in total. The van der Waals surface area contributed by atoms with Gasteiger partial charge in [0.25, 0.3) is 0 Å². The number of hydrogen-bond acceptors (Lipinski definition) is 0. The Kier molecular flexibility index (Phi) is 1.95. The summed E-state index contributed by atoms with van der Waals surface area (Å²) >= 11 is 0. The van der Waals surface area contributed by atoms with E-state index in [1.807, 2.05) is 0 Å². The third-order valence-electron chi connectivity index (χ3n) is 1.32. The Balaban J connectivity index is 2.33. The monoisotopic (exact) mass is 120 g/mol. The lowest BCUT2D eigenvalue weighted by Crippen LogP contribution is -1.98. The smallest absolute Gasteiger partial charge is 0.0417 e. The minimum absolute atomic E-state index is 0.527. The first-order valence-corrected chi connectivity index (χ1v) is 3.47. The van der Waals surface area contributed by atoms with Crippen LogP contribution in [0.2, 0.25) is 0 Å². The zero-order chi connectivity index (χ0) is 6.69. The van der Waals surface area contributed by atoms with Gasteiger partial charge in [-0.15, -0.1) is 0 Å². The quantitative estimate of drug-likeness (QED) is 0.339. The lowest BCUT2D eigenvalue weighted by Gasteiger charge is -2.08. The maximum atomic E-state index is 3.18. The van der Waals surface area contributed by atoms with E-state index >= 15 is 0 Å². The summed E-state index contributed by atoms with van der Waals surface area (Å²) in [5.74, 6) is 7.43. The van der Waals surface area contributed by atoms with Gasteiger partial charge in [0.2, 0.25) is 0 Å². The van der Waals surface area contributed by atoms with Gasteiger partial charge in [0, 0.05) is 11.8 Å². The normalized spacial score (nSPS) is 22.8. The van der Waals surface area contributed by atoms with E-state index in [2.05, 4.69) is 37.8 Å². The van der Waals surface area contributed by atoms with E-state index in [0.717, 1.165) is 0 Å². The largest absolute Gasteiger partial charge is 0.0999 e. The summed E-state index contributed by atoms with van der Waals surface area (Å²) < 4.78 is 0. The summed E-state index contributed by atoms with van der Waals surface area (Å²) in [6.45, 7) is 4.24. The van der Waals surface area contributed by atoms with Crippen molar-refractivity contribution < 1.29 is 0 Å². The maximum absolute atomic E-state index is 3.18. The fourth-order valence-corrected chi connectivity index (χ4v) is 0.653. The average Bonchev–Trinajstić information content (AvgIpc) is 1.60. The van der Waals surface area contributed by atoms with Crippen molar-refractivity contribution in [3.05, 3.63) is 12.2 Å². The van der Waals surface area contributed by atoms with E-state index in [-0.39, 0.29) is 0 Å². The molecule has 0 aliphatic heterocycles. The zero-order valence-electron chi connectivity index (χ0n) is 6.02. The van der Waals surface area contributed by atoms with Crippen LogP contribution in [0, 0.1) is 23.7 Å². The van der Waals surface area contributed by atoms with E-state index in [9.17, 15) is 0 Å². The minimum atomic E-state index is 0.527. The molecule has 0 aromatic carbocycles. The van der Waals surface area contributed by atoms with Crippen molar-refractivity contribution in [2.45, 2.75) is 20.3 Å². The second kappa shape index (κ2) is 2.73. The van der Waals surface area contributed by atoms with Crippen LogP contribution in [0.15, 0.2) is 12.2 Å². The van der Waals surface area contributed by atoms with Crippen LogP contribution in [0.3, 0.4) is 0 Å². The lowest BCUT2D eigenvalue weighted by atomic mass is 9.95. The molecule has 0 nitrogen and oxygen atoms in total. The molecule has 9 heavy (non-hydrogen) atoms. The van der Waals surface area contributed by atoms with Gasteiger partial charge in [0.15, 0.2) is 0 Å². The van der Waals surface area contributed by atoms with Crippen LogP contribution in [0.25, 0.3) is 0 Å². The third-order valence-corrected chi connectivity index (χ3v) is 1.32. The van der Waals surface area contributed by atoms with Gasteiger partial charge in [-0.2, -0.15) is 0 Å². The molecule has 0 aromatic heterocycles. The fourth-order valence-electron chi connectivity index (χ4n) is 0.653. The minimum Gasteiger partial charge on any atom is -0.0999 e. The second-order valence-electron chi connectivity index (χ2n) is 2.71. The van der Waals surface area contributed by atoms with E-state index in [0.29, 0.717) is 11.8 Å². The zero-order valence-corrected chi connectivity index (χ0v) is 6.02. The molecule has 0 spiro atoms. The Labute approximate surface area is 57.0 Å². The Hall–Kier alpha value is -0.700. The van der Waals surface area contributed by atoms with Crippen molar-refractivity contribution in [2.75, 3.05) is 0 Å². The van der Waals surface area contributed by atoms with Gasteiger partial charge in [-0.1, -0.05) is 37.8 Å². The van der Waals surface area contributed by atoms with Crippen molar-refractivity contribution in [1.82, 2.24) is 0 Å². The highest BCUT2D eigenvalue weighted by atomic mass is 14.1. The van der Waals surface area contributed by atoms with Gasteiger partial charge < -0.3 is 0 Å². The molecule has 1 rings (SSSR count). The van der Waals surface area contributed by atoms with Gasteiger partial charge in [-0.05, 0) is 6.42 Å². The van der Waals surface area contributed by atoms with Crippen molar-refractivity contribution >= 4 is 0 Å². The molecule has 48 valence electrons. The first-order chi connectivity index (χ1) is 4.29. The van der Waals surface area contributed by atoms with Crippen LogP contribution in [0.5, 0.6) is 0 Å².